The van der Waals surface area contributed by atoms with Gasteiger partial charge in [0.25, 0.3) is 0 Å². The molecule has 7 heteroatoms. The minimum atomic E-state index is -0.687. The zero-order valence-electron chi connectivity index (χ0n) is 18.2. The molecular weight excluding hydrogens is 392 g/mol. The Morgan fingerprint density at radius 3 is 2.42 bits per heavy atom. The van der Waals surface area contributed by atoms with Gasteiger partial charge in [-0.15, -0.1) is 0 Å². The normalized spacial score (nSPS) is 14.3. The average Bonchev–Trinajstić information content (AvgIpc) is 2.79. The van der Waals surface area contributed by atoms with Gasteiger partial charge < -0.3 is 20.7 Å². The fourth-order valence-corrected chi connectivity index (χ4v) is 3.92. The largest absolute Gasteiger partial charge is 0.495 e. The van der Waals surface area contributed by atoms with Gasteiger partial charge in [-0.3, -0.25) is 9.69 Å². The molecule has 1 heterocycles. The minimum absolute atomic E-state index is 0.0617. The number of hydrogen-bond acceptors (Lipinski definition) is 5. The van der Waals surface area contributed by atoms with E-state index in [1.165, 1.54) is 12.8 Å². The average molecular weight is 425 g/mol. The van der Waals surface area contributed by atoms with Crippen molar-refractivity contribution in [3.8, 4) is 5.75 Å². The molecule has 0 radical (unpaired) electrons. The maximum absolute atomic E-state index is 12.5. The highest BCUT2D eigenvalue weighted by Gasteiger charge is 2.16. The fraction of sp³-hybridized carbons (Fsp3) is 0.417. The zero-order chi connectivity index (χ0) is 22.1. The number of carbonyl (C=O) groups excluding carboxylic acids is 2. The molecule has 166 valence electrons. The molecule has 0 aromatic heterocycles. The molecule has 1 fully saturated rings. The van der Waals surface area contributed by atoms with E-state index >= 15 is 0 Å². The Labute approximate surface area is 184 Å². The Morgan fingerprint density at radius 1 is 1.00 bits per heavy atom. The number of Topliss-reactive ketones (excluding diaryl/α,β-unsaturated/α-hetero) is 1. The topological polar surface area (TPSA) is 87.9 Å². The van der Waals surface area contributed by atoms with Crippen LogP contribution in [0.1, 0.15) is 36.0 Å². The maximum Gasteiger partial charge on any atom is 0.316 e. The summed E-state index contributed by atoms with van der Waals surface area (Å²) in [5, 5.41) is 2.50. The van der Waals surface area contributed by atoms with Gasteiger partial charge in [0.05, 0.1) is 12.8 Å². The molecule has 0 spiro atoms. The van der Waals surface area contributed by atoms with Crippen LogP contribution in [-0.4, -0.2) is 56.5 Å². The number of piperazine rings is 1. The van der Waals surface area contributed by atoms with Gasteiger partial charge in [0.1, 0.15) is 5.75 Å². The van der Waals surface area contributed by atoms with Crippen LogP contribution in [-0.2, 0) is 0 Å². The first-order valence-electron chi connectivity index (χ1n) is 10.9. The van der Waals surface area contributed by atoms with Crippen LogP contribution in [0, 0.1) is 0 Å². The molecule has 0 aliphatic carbocycles. The Hall–Kier alpha value is -3.06. The van der Waals surface area contributed by atoms with E-state index in [0.29, 0.717) is 23.4 Å². The van der Waals surface area contributed by atoms with Crippen molar-refractivity contribution < 1.29 is 14.3 Å². The van der Waals surface area contributed by atoms with Crippen molar-refractivity contribution in [1.82, 2.24) is 4.90 Å². The highest BCUT2D eigenvalue weighted by atomic mass is 16.5. The summed E-state index contributed by atoms with van der Waals surface area (Å²) in [6, 6.07) is 14.9. The van der Waals surface area contributed by atoms with Crippen molar-refractivity contribution >= 4 is 23.2 Å². The summed E-state index contributed by atoms with van der Waals surface area (Å²) in [4.78, 5) is 28.6. The lowest BCUT2D eigenvalue weighted by molar-refractivity contribution is 0.0978. The molecule has 1 aliphatic rings. The first-order chi connectivity index (χ1) is 15.1. The first-order valence-corrected chi connectivity index (χ1v) is 10.9. The Bertz CT molecular complexity index is 864. The van der Waals surface area contributed by atoms with Crippen LogP contribution in [0.15, 0.2) is 48.5 Å². The van der Waals surface area contributed by atoms with Gasteiger partial charge in [0, 0.05) is 43.9 Å². The van der Waals surface area contributed by atoms with Crippen LogP contribution in [0.4, 0.5) is 16.2 Å². The number of nitrogens with zero attached hydrogens (tertiary/aromatic N) is 2. The van der Waals surface area contributed by atoms with E-state index in [4.69, 9.17) is 10.5 Å². The Morgan fingerprint density at radius 2 is 1.74 bits per heavy atom. The molecule has 0 bridgehead atoms. The fourth-order valence-electron chi connectivity index (χ4n) is 3.92. The number of primary amides is 1. The monoisotopic (exact) mass is 424 g/mol. The highest BCUT2D eigenvalue weighted by Crippen LogP contribution is 2.26. The lowest BCUT2D eigenvalue weighted by Gasteiger charge is -2.36. The summed E-state index contributed by atoms with van der Waals surface area (Å²) in [5.74, 6) is 0.536. The van der Waals surface area contributed by atoms with Gasteiger partial charge in [-0.25, -0.2) is 4.79 Å². The molecule has 2 amide bonds. The van der Waals surface area contributed by atoms with E-state index in [9.17, 15) is 9.59 Å². The second-order valence-corrected chi connectivity index (χ2v) is 7.80. The van der Waals surface area contributed by atoms with E-state index in [2.05, 4.69) is 45.4 Å². The third-order valence-corrected chi connectivity index (χ3v) is 5.65. The molecule has 3 rings (SSSR count). The van der Waals surface area contributed by atoms with Crippen molar-refractivity contribution in [3.63, 3.8) is 0 Å². The predicted octanol–water partition coefficient (Wildman–Crippen LogP) is 3.75. The van der Waals surface area contributed by atoms with Crippen molar-refractivity contribution in [2.75, 3.05) is 50.1 Å². The third-order valence-electron chi connectivity index (χ3n) is 5.65. The zero-order valence-corrected chi connectivity index (χ0v) is 18.2. The van der Waals surface area contributed by atoms with E-state index in [-0.39, 0.29) is 5.78 Å². The second-order valence-electron chi connectivity index (χ2n) is 7.80. The number of ketones is 1. The van der Waals surface area contributed by atoms with Gasteiger partial charge in [0.2, 0.25) is 0 Å². The van der Waals surface area contributed by atoms with Crippen molar-refractivity contribution in [2.45, 2.75) is 25.7 Å². The van der Waals surface area contributed by atoms with Gasteiger partial charge in [-0.2, -0.15) is 0 Å². The number of nitrogens with one attached hydrogen (secondary N) is 1. The van der Waals surface area contributed by atoms with E-state index in [1.54, 1.807) is 18.2 Å². The number of nitrogens with two attached hydrogens (primary N) is 1. The summed E-state index contributed by atoms with van der Waals surface area (Å²) in [6.45, 7) is 5.35. The molecule has 0 unspecified atom stereocenters. The highest BCUT2D eigenvalue weighted by molar-refractivity contribution is 5.99. The molecule has 31 heavy (non-hydrogen) atoms. The van der Waals surface area contributed by atoms with Crippen LogP contribution in [0.3, 0.4) is 0 Å². The van der Waals surface area contributed by atoms with E-state index in [1.807, 2.05) is 0 Å². The Kier molecular flexibility index (Phi) is 8.29. The van der Waals surface area contributed by atoms with Gasteiger partial charge in [-0.1, -0.05) is 24.6 Å². The lowest BCUT2D eigenvalue weighted by Crippen LogP contribution is -2.46. The first kappa shape index (κ1) is 22.6. The van der Waals surface area contributed by atoms with E-state index < -0.39 is 6.03 Å². The third kappa shape index (κ3) is 6.72. The van der Waals surface area contributed by atoms with Crippen LogP contribution in [0.25, 0.3) is 0 Å². The molecule has 2 aromatic carbocycles. The number of ether oxygens (including phenoxy) is 1. The summed E-state index contributed by atoms with van der Waals surface area (Å²) in [7, 11) is 1.50. The number of methoxy groups -OCH3 is 1. The molecule has 3 N–H and O–H groups in total. The van der Waals surface area contributed by atoms with Crippen molar-refractivity contribution in [3.05, 3.63) is 54.1 Å². The van der Waals surface area contributed by atoms with Gasteiger partial charge in [0.15, 0.2) is 5.78 Å². The van der Waals surface area contributed by atoms with Crippen molar-refractivity contribution in [2.24, 2.45) is 5.73 Å². The number of para-hydroxylation sites is 1. The Balaban J connectivity index is 1.36. The number of benzene rings is 2. The number of unbranched alkanes of at least 4 members (excludes halogenated alkanes) is 2. The van der Waals surface area contributed by atoms with Crippen LogP contribution in [0.5, 0.6) is 5.75 Å². The minimum Gasteiger partial charge on any atom is -0.495 e. The van der Waals surface area contributed by atoms with Crippen molar-refractivity contribution in [1.29, 1.82) is 0 Å². The second kappa shape index (κ2) is 11.4. The molecule has 1 saturated heterocycles. The van der Waals surface area contributed by atoms with Crippen LogP contribution in [0.2, 0.25) is 0 Å². The predicted molar refractivity (Wildman–Crippen MR) is 124 cm³/mol. The molecule has 7 nitrogen and oxygen atoms in total. The molecule has 0 atom stereocenters. The number of amides is 2. The van der Waals surface area contributed by atoms with Crippen LogP contribution < -0.4 is 20.7 Å². The van der Waals surface area contributed by atoms with Crippen LogP contribution >= 0.6 is 0 Å². The standard InChI is InChI=1S/C24H32N4O3/c1-31-23-12-11-19(18-21(23)26-24(25)30)22(29)10-6-3-7-13-27-14-16-28(17-15-27)20-8-4-2-5-9-20/h2,4-5,8-9,11-12,18H,3,6-7,10,13-17H2,1H3,(H3,25,26,30). The number of carbonyl (C=O) groups is 2. The SMILES string of the molecule is COc1ccc(C(=O)CCCCCN2CCN(c3ccccc3)CC2)cc1NC(N)=O. The summed E-state index contributed by atoms with van der Waals surface area (Å²) >= 11 is 0. The number of urea groups is 1. The molecule has 2 aromatic rings. The summed E-state index contributed by atoms with van der Waals surface area (Å²) < 4.78 is 5.19. The number of anilines is 2. The number of rotatable bonds is 10. The lowest BCUT2D eigenvalue weighted by atomic mass is 10.0. The van der Waals surface area contributed by atoms with Gasteiger partial charge >= 0.3 is 6.03 Å². The molecule has 0 saturated carbocycles. The van der Waals surface area contributed by atoms with Gasteiger partial charge in [-0.05, 0) is 49.7 Å². The molecular formula is C24H32N4O3. The molecule has 1 aliphatic heterocycles. The summed E-state index contributed by atoms with van der Waals surface area (Å²) in [5.41, 5.74) is 7.46. The smallest absolute Gasteiger partial charge is 0.316 e. The summed E-state index contributed by atoms with van der Waals surface area (Å²) in [6.07, 6.45) is 3.46. The maximum atomic E-state index is 12.5. The van der Waals surface area contributed by atoms with E-state index in [0.717, 1.165) is 52.0 Å². The quantitative estimate of drug-likeness (QED) is 0.448. The number of hydrogen-bond donors (Lipinski definition) is 2.